The standard InChI is InChI=1S/C24H22F2N6/c1-31-9-11-32(12-10-31)21-8-6-16(14-28-21)15-5-7-17-20(13-15)29-24(30-23(17)27)22-18(25)3-2-4-19(22)26/h2-8,13-14H,9-12H2,1H3,(H2,27,29,30). The van der Waals surface area contributed by atoms with E-state index in [0.29, 0.717) is 10.9 Å². The summed E-state index contributed by atoms with van der Waals surface area (Å²) in [5, 5.41) is 0.622. The van der Waals surface area contributed by atoms with E-state index in [0.717, 1.165) is 43.1 Å². The van der Waals surface area contributed by atoms with Crippen molar-refractivity contribution in [3.63, 3.8) is 0 Å². The van der Waals surface area contributed by atoms with Gasteiger partial charge in [0.1, 0.15) is 23.3 Å². The van der Waals surface area contributed by atoms with Crippen LogP contribution in [0.4, 0.5) is 20.4 Å². The number of hydrogen-bond acceptors (Lipinski definition) is 6. The molecule has 6 nitrogen and oxygen atoms in total. The zero-order valence-corrected chi connectivity index (χ0v) is 17.6. The Bertz CT molecular complexity index is 1260. The molecule has 0 radical (unpaired) electrons. The fourth-order valence-electron chi connectivity index (χ4n) is 3.94. The number of likely N-dealkylation sites (N-methyl/N-ethyl adjacent to an activating group) is 1. The highest BCUT2D eigenvalue weighted by Gasteiger charge is 2.17. The van der Waals surface area contributed by atoms with Crippen LogP contribution in [-0.2, 0) is 0 Å². The fourth-order valence-corrected chi connectivity index (χ4v) is 3.94. The van der Waals surface area contributed by atoms with Crippen LogP contribution in [0.5, 0.6) is 0 Å². The molecule has 0 atom stereocenters. The van der Waals surface area contributed by atoms with Crippen LogP contribution in [-0.4, -0.2) is 53.1 Å². The maximum Gasteiger partial charge on any atom is 0.168 e. The molecule has 0 unspecified atom stereocenters. The summed E-state index contributed by atoms with van der Waals surface area (Å²) in [6, 6.07) is 13.2. The molecule has 0 spiro atoms. The van der Waals surface area contributed by atoms with Gasteiger partial charge in [0, 0.05) is 43.3 Å². The predicted octanol–water partition coefficient (Wildman–Crippen LogP) is 3.97. The van der Waals surface area contributed by atoms with Crippen molar-refractivity contribution < 1.29 is 8.78 Å². The van der Waals surface area contributed by atoms with Crippen molar-refractivity contribution in [1.29, 1.82) is 0 Å². The van der Waals surface area contributed by atoms with Gasteiger partial charge in [-0.2, -0.15) is 0 Å². The number of aromatic nitrogens is 3. The van der Waals surface area contributed by atoms with E-state index in [1.807, 2.05) is 36.5 Å². The lowest BCUT2D eigenvalue weighted by atomic mass is 10.0. The van der Waals surface area contributed by atoms with Crippen LogP contribution >= 0.6 is 0 Å². The summed E-state index contributed by atoms with van der Waals surface area (Å²) < 4.78 is 28.5. The van der Waals surface area contributed by atoms with Crippen molar-refractivity contribution in [2.75, 3.05) is 43.9 Å². The Labute approximate surface area is 184 Å². The Morgan fingerprint density at radius 3 is 2.28 bits per heavy atom. The first-order valence-corrected chi connectivity index (χ1v) is 10.4. The van der Waals surface area contributed by atoms with Crippen molar-refractivity contribution in [1.82, 2.24) is 19.9 Å². The first kappa shape index (κ1) is 20.3. The molecule has 1 aliphatic rings. The highest BCUT2D eigenvalue weighted by atomic mass is 19.1. The molecule has 8 heteroatoms. The predicted molar refractivity (Wildman–Crippen MR) is 122 cm³/mol. The summed E-state index contributed by atoms with van der Waals surface area (Å²) in [6.45, 7) is 3.93. The Morgan fingerprint density at radius 1 is 0.875 bits per heavy atom. The largest absolute Gasteiger partial charge is 0.383 e. The van der Waals surface area contributed by atoms with Gasteiger partial charge in [0.2, 0.25) is 0 Å². The molecule has 0 amide bonds. The Morgan fingerprint density at radius 2 is 1.59 bits per heavy atom. The average molecular weight is 432 g/mol. The van der Waals surface area contributed by atoms with Crippen molar-refractivity contribution in [3.8, 4) is 22.5 Å². The van der Waals surface area contributed by atoms with Crippen molar-refractivity contribution in [2.24, 2.45) is 0 Å². The summed E-state index contributed by atoms with van der Waals surface area (Å²) in [6.07, 6.45) is 1.83. The number of benzene rings is 2. The number of nitrogens with two attached hydrogens (primary N) is 1. The Balaban J connectivity index is 1.50. The first-order chi connectivity index (χ1) is 15.5. The van der Waals surface area contributed by atoms with Crippen LogP contribution in [0.25, 0.3) is 33.4 Å². The normalized spacial score (nSPS) is 14.8. The number of halogens is 2. The van der Waals surface area contributed by atoms with Crippen molar-refractivity contribution in [3.05, 3.63) is 66.4 Å². The molecular weight excluding hydrogens is 410 g/mol. The highest BCUT2D eigenvalue weighted by Crippen LogP contribution is 2.30. The second kappa shape index (κ2) is 8.12. The number of pyridine rings is 1. The molecule has 0 bridgehead atoms. The van der Waals surface area contributed by atoms with Gasteiger partial charge in [-0.1, -0.05) is 12.1 Å². The molecule has 0 aliphatic carbocycles. The number of anilines is 2. The quantitative estimate of drug-likeness (QED) is 0.528. The van der Waals surface area contributed by atoms with E-state index < -0.39 is 11.6 Å². The fraction of sp³-hybridized carbons (Fsp3) is 0.208. The molecular formula is C24H22F2N6. The van der Waals surface area contributed by atoms with Crippen molar-refractivity contribution >= 4 is 22.5 Å². The summed E-state index contributed by atoms with van der Waals surface area (Å²) >= 11 is 0. The molecule has 2 N–H and O–H groups in total. The van der Waals surface area contributed by atoms with Crippen LogP contribution in [0.15, 0.2) is 54.7 Å². The Hall–Kier alpha value is -3.65. The molecule has 162 valence electrons. The zero-order valence-electron chi connectivity index (χ0n) is 17.6. The molecule has 4 aromatic rings. The van der Waals surface area contributed by atoms with Gasteiger partial charge in [-0.3, -0.25) is 0 Å². The molecule has 3 heterocycles. The zero-order chi connectivity index (χ0) is 22.2. The first-order valence-electron chi connectivity index (χ1n) is 10.4. The van der Waals surface area contributed by atoms with Crippen LogP contribution in [0, 0.1) is 11.6 Å². The molecule has 5 rings (SSSR count). The third-order valence-electron chi connectivity index (χ3n) is 5.82. The lowest BCUT2D eigenvalue weighted by molar-refractivity contribution is 0.312. The van der Waals surface area contributed by atoms with E-state index in [9.17, 15) is 8.78 Å². The van der Waals surface area contributed by atoms with E-state index in [1.165, 1.54) is 18.2 Å². The Kier molecular flexibility index (Phi) is 5.14. The number of piperazine rings is 1. The van der Waals surface area contributed by atoms with Gasteiger partial charge in [-0.05, 0) is 49.0 Å². The van der Waals surface area contributed by atoms with Crippen LogP contribution in [0.2, 0.25) is 0 Å². The topological polar surface area (TPSA) is 71.2 Å². The monoisotopic (exact) mass is 432 g/mol. The summed E-state index contributed by atoms with van der Waals surface area (Å²) in [7, 11) is 2.12. The van der Waals surface area contributed by atoms with Gasteiger partial charge < -0.3 is 15.5 Å². The maximum atomic E-state index is 14.2. The van der Waals surface area contributed by atoms with E-state index >= 15 is 0 Å². The van der Waals surface area contributed by atoms with Crippen LogP contribution in [0.3, 0.4) is 0 Å². The maximum absolute atomic E-state index is 14.2. The third-order valence-corrected chi connectivity index (χ3v) is 5.82. The average Bonchev–Trinajstić information content (AvgIpc) is 2.79. The van der Waals surface area contributed by atoms with E-state index in [2.05, 4.69) is 31.8 Å². The number of fused-ring (bicyclic) bond motifs is 1. The summed E-state index contributed by atoms with van der Waals surface area (Å²) in [5.41, 5.74) is 8.10. The van der Waals surface area contributed by atoms with Gasteiger partial charge in [-0.15, -0.1) is 0 Å². The third kappa shape index (κ3) is 3.73. The van der Waals surface area contributed by atoms with Crippen LogP contribution in [0.1, 0.15) is 0 Å². The van der Waals surface area contributed by atoms with Gasteiger partial charge in [0.05, 0.1) is 11.1 Å². The number of hydrogen-bond donors (Lipinski definition) is 1. The number of nitrogen functional groups attached to an aromatic ring is 1. The summed E-state index contributed by atoms with van der Waals surface area (Å²) in [5.74, 6) is -0.423. The molecule has 1 aliphatic heterocycles. The van der Waals surface area contributed by atoms with Crippen LogP contribution < -0.4 is 10.6 Å². The highest BCUT2D eigenvalue weighted by molar-refractivity contribution is 5.92. The second-order valence-corrected chi connectivity index (χ2v) is 7.96. The minimum absolute atomic E-state index is 0.0775. The number of rotatable bonds is 3. The molecule has 1 saturated heterocycles. The van der Waals surface area contributed by atoms with Gasteiger partial charge in [-0.25, -0.2) is 23.7 Å². The second-order valence-electron chi connectivity index (χ2n) is 7.96. The lowest BCUT2D eigenvalue weighted by Gasteiger charge is -2.33. The molecule has 32 heavy (non-hydrogen) atoms. The molecule has 2 aromatic carbocycles. The molecule has 2 aromatic heterocycles. The van der Waals surface area contributed by atoms with Crippen molar-refractivity contribution in [2.45, 2.75) is 0 Å². The lowest BCUT2D eigenvalue weighted by Crippen LogP contribution is -2.44. The minimum atomic E-state index is -0.733. The molecule has 0 saturated carbocycles. The van der Waals surface area contributed by atoms with Gasteiger partial charge in [0.25, 0.3) is 0 Å². The summed E-state index contributed by atoms with van der Waals surface area (Å²) in [4.78, 5) is 17.7. The van der Waals surface area contributed by atoms with E-state index in [1.54, 1.807) is 0 Å². The van der Waals surface area contributed by atoms with Gasteiger partial charge >= 0.3 is 0 Å². The SMILES string of the molecule is CN1CCN(c2ccc(-c3ccc4c(N)nc(-c5c(F)cccc5F)nc4c3)cn2)CC1. The van der Waals surface area contributed by atoms with Gasteiger partial charge in [0.15, 0.2) is 5.82 Å². The number of nitrogens with zero attached hydrogens (tertiary/aromatic N) is 5. The molecule has 1 fully saturated rings. The minimum Gasteiger partial charge on any atom is -0.383 e. The van der Waals surface area contributed by atoms with E-state index in [-0.39, 0.29) is 17.2 Å². The smallest absolute Gasteiger partial charge is 0.168 e. The van der Waals surface area contributed by atoms with E-state index in [4.69, 9.17) is 5.73 Å².